The van der Waals surface area contributed by atoms with Gasteiger partial charge in [0.05, 0.1) is 6.04 Å². The second-order valence-electron chi connectivity index (χ2n) is 6.61. The van der Waals surface area contributed by atoms with Crippen molar-refractivity contribution in [1.82, 2.24) is 15.1 Å². The third kappa shape index (κ3) is 2.95. The van der Waals surface area contributed by atoms with E-state index in [9.17, 15) is 4.79 Å². The van der Waals surface area contributed by atoms with E-state index in [1.807, 2.05) is 0 Å². The van der Waals surface area contributed by atoms with Crippen LogP contribution in [0.5, 0.6) is 0 Å². The number of amides is 1. The molecule has 4 heteroatoms. The van der Waals surface area contributed by atoms with Crippen molar-refractivity contribution in [3.05, 3.63) is 0 Å². The van der Waals surface area contributed by atoms with Gasteiger partial charge >= 0.3 is 0 Å². The van der Waals surface area contributed by atoms with E-state index in [0.717, 1.165) is 32.5 Å². The summed E-state index contributed by atoms with van der Waals surface area (Å²) in [5.41, 5.74) is 0. The highest BCUT2D eigenvalue weighted by molar-refractivity contribution is 5.82. The highest BCUT2D eigenvalue weighted by Gasteiger charge is 2.34. The third-order valence-electron chi connectivity index (χ3n) is 5.08. The average molecular weight is 265 g/mol. The molecule has 0 bridgehead atoms. The van der Waals surface area contributed by atoms with Crippen molar-refractivity contribution in [1.29, 1.82) is 0 Å². The molecule has 3 atom stereocenters. The molecule has 3 aliphatic rings. The minimum atomic E-state index is 0.0803. The Morgan fingerprint density at radius 1 is 1.16 bits per heavy atom. The first kappa shape index (κ1) is 13.4. The molecule has 3 unspecified atom stereocenters. The van der Waals surface area contributed by atoms with E-state index >= 15 is 0 Å². The molecule has 3 saturated heterocycles. The number of nitrogens with one attached hydrogen (secondary N) is 1. The molecule has 0 aromatic carbocycles. The van der Waals surface area contributed by atoms with Gasteiger partial charge in [-0.1, -0.05) is 6.92 Å². The zero-order chi connectivity index (χ0) is 13.2. The fourth-order valence-electron chi connectivity index (χ4n) is 3.92. The number of rotatable bonds is 1. The highest BCUT2D eigenvalue weighted by Crippen LogP contribution is 2.23. The molecular weight excluding hydrogens is 238 g/mol. The maximum atomic E-state index is 12.7. The van der Waals surface area contributed by atoms with E-state index in [0.29, 0.717) is 17.9 Å². The van der Waals surface area contributed by atoms with Gasteiger partial charge < -0.3 is 10.2 Å². The van der Waals surface area contributed by atoms with Crippen LogP contribution in [0.1, 0.15) is 39.0 Å². The van der Waals surface area contributed by atoms with Crippen LogP contribution in [0.2, 0.25) is 0 Å². The van der Waals surface area contributed by atoms with E-state index < -0.39 is 0 Å². The summed E-state index contributed by atoms with van der Waals surface area (Å²) in [7, 11) is 0. The molecule has 1 N–H and O–H groups in total. The van der Waals surface area contributed by atoms with E-state index in [1.165, 1.54) is 32.4 Å². The van der Waals surface area contributed by atoms with Gasteiger partial charge in [-0.2, -0.15) is 0 Å². The van der Waals surface area contributed by atoms with Gasteiger partial charge in [0.2, 0.25) is 5.91 Å². The van der Waals surface area contributed by atoms with E-state index in [-0.39, 0.29) is 6.04 Å². The van der Waals surface area contributed by atoms with Gasteiger partial charge in [0.1, 0.15) is 0 Å². The topological polar surface area (TPSA) is 35.6 Å². The van der Waals surface area contributed by atoms with Crippen LogP contribution in [-0.4, -0.2) is 60.5 Å². The van der Waals surface area contributed by atoms with Crippen molar-refractivity contribution < 1.29 is 4.79 Å². The quantitative estimate of drug-likeness (QED) is 0.770. The van der Waals surface area contributed by atoms with Crippen molar-refractivity contribution in [2.75, 3.05) is 32.7 Å². The largest absolute Gasteiger partial charge is 0.340 e. The van der Waals surface area contributed by atoms with Crippen molar-refractivity contribution >= 4 is 5.91 Å². The van der Waals surface area contributed by atoms with Crippen LogP contribution >= 0.6 is 0 Å². The Labute approximate surface area is 116 Å². The van der Waals surface area contributed by atoms with E-state index in [2.05, 4.69) is 22.0 Å². The minimum absolute atomic E-state index is 0.0803. The Morgan fingerprint density at radius 3 is 2.84 bits per heavy atom. The predicted molar refractivity (Wildman–Crippen MR) is 76.0 cm³/mol. The molecule has 1 amide bonds. The molecule has 3 rings (SSSR count). The molecule has 4 nitrogen and oxygen atoms in total. The zero-order valence-electron chi connectivity index (χ0n) is 12.1. The molecule has 0 aromatic rings. The van der Waals surface area contributed by atoms with Gasteiger partial charge in [-0.25, -0.2) is 0 Å². The molecule has 0 aliphatic carbocycles. The van der Waals surface area contributed by atoms with Crippen LogP contribution in [0.25, 0.3) is 0 Å². The molecule has 3 heterocycles. The SMILES string of the molecule is CC1CCNC(C(=O)N2CCCN3CCCC3C2)C1. The summed E-state index contributed by atoms with van der Waals surface area (Å²) in [6.07, 6.45) is 5.96. The first-order valence-electron chi connectivity index (χ1n) is 8.00. The first-order valence-corrected chi connectivity index (χ1v) is 8.00. The summed E-state index contributed by atoms with van der Waals surface area (Å²) >= 11 is 0. The van der Waals surface area contributed by atoms with Crippen molar-refractivity contribution in [2.45, 2.75) is 51.1 Å². The summed E-state index contributed by atoms with van der Waals surface area (Å²) in [5.74, 6) is 1.05. The fraction of sp³-hybridized carbons (Fsp3) is 0.933. The van der Waals surface area contributed by atoms with Gasteiger partial charge in [0.15, 0.2) is 0 Å². The number of carbonyl (C=O) groups is 1. The maximum Gasteiger partial charge on any atom is 0.239 e. The normalized spacial score (nSPS) is 36.9. The van der Waals surface area contributed by atoms with Gasteiger partial charge in [-0.05, 0) is 51.1 Å². The summed E-state index contributed by atoms with van der Waals surface area (Å²) in [5, 5.41) is 3.42. The lowest BCUT2D eigenvalue weighted by Gasteiger charge is -2.33. The lowest BCUT2D eigenvalue weighted by molar-refractivity contribution is -0.134. The number of nitrogens with zero attached hydrogens (tertiary/aromatic N) is 2. The molecule has 0 radical (unpaired) electrons. The van der Waals surface area contributed by atoms with Gasteiger partial charge in [-0.15, -0.1) is 0 Å². The fourth-order valence-corrected chi connectivity index (χ4v) is 3.92. The molecule has 0 saturated carbocycles. The van der Waals surface area contributed by atoms with Crippen LogP contribution in [0.4, 0.5) is 0 Å². The second-order valence-corrected chi connectivity index (χ2v) is 6.61. The Kier molecular flexibility index (Phi) is 4.08. The Hall–Kier alpha value is -0.610. The van der Waals surface area contributed by atoms with E-state index in [1.54, 1.807) is 0 Å². The lowest BCUT2D eigenvalue weighted by Crippen LogP contribution is -2.51. The number of piperidine rings is 1. The molecule has 0 aromatic heterocycles. The standard InChI is InChI=1S/C15H27N3O/c1-12-5-6-16-14(10-12)15(19)18-9-3-8-17-7-2-4-13(17)11-18/h12-14,16H,2-11H2,1H3. The zero-order valence-corrected chi connectivity index (χ0v) is 12.1. The molecular formula is C15H27N3O. The first-order chi connectivity index (χ1) is 9.24. The molecule has 108 valence electrons. The van der Waals surface area contributed by atoms with Crippen LogP contribution in [-0.2, 0) is 4.79 Å². The summed E-state index contributed by atoms with van der Waals surface area (Å²) < 4.78 is 0. The van der Waals surface area contributed by atoms with Crippen molar-refractivity contribution in [3.8, 4) is 0 Å². The monoisotopic (exact) mass is 265 g/mol. The Bertz CT molecular complexity index is 333. The van der Waals surface area contributed by atoms with E-state index in [4.69, 9.17) is 0 Å². The number of carbonyl (C=O) groups excluding carboxylic acids is 1. The van der Waals surface area contributed by atoms with Crippen LogP contribution < -0.4 is 5.32 Å². The highest BCUT2D eigenvalue weighted by atomic mass is 16.2. The smallest absolute Gasteiger partial charge is 0.239 e. The molecule has 3 aliphatic heterocycles. The Balaban J connectivity index is 1.62. The Morgan fingerprint density at radius 2 is 2.00 bits per heavy atom. The van der Waals surface area contributed by atoms with Crippen LogP contribution in [0.15, 0.2) is 0 Å². The van der Waals surface area contributed by atoms with Gasteiger partial charge in [0.25, 0.3) is 0 Å². The number of hydrogen-bond acceptors (Lipinski definition) is 3. The van der Waals surface area contributed by atoms with Crippen LogP contribution in [0.3, 0.4) is 0 Å². The number of hydrogen-bond donors (Lipinski definition) is 1. The van der Waals surface area contributed by atoms with Crippen molar-refractivity contribution in [2.24, 2.45) is 5.92 Å². The lowest BCUT2D eigenvalue weighted by atomic mass is 9.93. The van der Waals surface area contributed by atoms with Crippen molar-refractivity contribution in [3.63, 3.8) is 0 Å². The third-order valence-corrected chi connectivity index (χ3v) is 5.08. The summed E-state index contributed by atoms with van der Waals surface area (Å²) in [4.78, 5) is 17.4. The summed E-state index contributed by atoms with van der Waals surface area (Å²) in [6, 6.07) is 0.712. The maximum absolute atomic E-state index is 12.7. The van der Waals surface area contributed by atoms with Crippen LogP contribution in [0, 0.1) is 5.92 Å². The summed E-state index contributed by atoms with van der Waals surface area (Å²) in [6.45, 7) is 7.61. The second kappa shape index (κ2) is 5.80. The van der Waals surface area contributed by atoms with Gasteiger partial charge in [0, 0.05) is 25.7 Å². The number of fused-ring (bicyclic) bond motifs is 1. The minimum Gasteiger partial charge on any atom is -0.340 e. The molecule has 3 fully saturated rings. The molecule has 19 heavy (non-hydrogen) atoms. The molecule has 0 spiro atoms. The van der Waals surface area contributed by atoms with Gasteiger partial charge in [-0.3, -0.25) is 9.69 Å². The predicted octanol–water partition coefficient (Wildman–Crippen LogP) is 1.07. The average Bonchev–Trinajstić information content (AvgIpc) is 2.75.